The van der Waals surface area contributed by atoms with Gasteiger partial charge in [-0.05, 0) is 42.5 Å². The summed E-state index contributed by atoms with van der Waals surface area (Å²) in [5.41, 5.74) is 0.479. The van der Waals surface area contributed by atoms with Gasteiger partial charge in [0.25, 0.3) is 5.56 Å². The van der Waals surface area contributed by atoms with Crippen molar-refractivity contribution in [1.82, 2.24) is 9.47 Å². The molecule has 2 aromatic carbocycles. The molecule has 10 heteroatoms. The van der Waals surface area contributed by atoms with E-state index in [9.17, 15) is 18.8 Å². The van der Waals surface area contributed by atoms with Gasteiger partial charge in [0.05, 0.1) is 17.5 Å². The van der Waals surface area contributed by atoms with E-state index in [0.717, 1.165) is 6.07 Å². The minimum absolute atomic E-state index is 0.0587. The molecule has 1 aliphatic heterocycles. The number of hydrogen-bond donors (Lipinski definition) is 2. The van der Waals surface area contributed by atoms with Crippen molar-refractivity contribution in [2.75, 3.05) is 24.3 Å². The summed E-state index contributed by atoms with van der Waals surface area (Å²) in [5, 5.41) is 5.81. The quantitative estimate of drug-likeness (QED) is 0.574. The van der Waals surface area contributed by atoms with Crippen LogP contribution in [0.5, 0.6) is 0 Å². The Morgan fingerprint density at radius 2 is 1.85 bits per heavy atom. The number of carbonyl (C=O) groups excluding carboxylic acids is 2. The van der Waals surface area contributed by atoms with Crippen molar-refractivity contribution < 1.29 is 18.7 Å². The van der Waals surface area contributed by atoms with Crippen LogP contribution in [0.4, 0.5) is 20.6 Å². The molecular weight excluding hydrogens is 463 g/mol. The zero-order chi connectivity index (χ0) is 24.2. The van der Waals surface area contributed by atoms with Crippen LogP contribution in [0.2, 0.25) is 5.02 Å². The maximum absolute atomic E-state index is 14.8. The summed E-state index contributed by atoms with van der Waals surface area (Å²) < 4.78 is 21.4. The van der Waals surface area contributed by atoms with Gasteiger partial charge in [-0.3, -0.25) is 14.2 Å². The summed E-state index contributed by atoms with van der Waals surface area (Å²) in [7, 11) is 1.50. The molecule has 4 rings (SSSR count). The zero-order valence-electron chi connectivity index (χ0n) is 18.2. The molecule has 0 spiro atoms. The average Bonchev–Trinajstić information content (AvgIpc) is 3.27. The molecule has 3 aromatic rings. The molecule has 8 nitrogen and oxygen atoms in total. The number of carbonyl (C=O) groups is 2. The van der Waals surface area contributed by atoms with E-state index in [1.54, 1.807) is 36.4 Å². The minimum atomic E-state index is -0.868. The van der Waals surface area contributed by atoms with E-state index in [2.05, 4.69) is 10.6 Å². The molecular formula is C24H22ClFN4O4. The molecule has 1 fully saturated rings. The largest absolute Gasteiger partial charge is 0.380 e. The second kappa shape index (κ2) is 10.1. The van der Waals surface area contributed by atoms with Gasteiger partial charge in [0.15, 0.2) is 0 Å². The predicted octanol–water partition coefficient (Wildman–Crippen LogP) is 3.89. The normalized spacial score (nSPS) is 17.4. The van der Waals surface area contributed by atoms with Crippen molar-refractivity contribution in [3.05, 3.63) is 88.1 Å². The number of halogens is 2. The molecule has 2 atom stereocenters. The van der Waals surface area contributed by atoms with Crippen LogP contribution in [-0.2, 0) is 9.53 Å². The first-order chi connectivity index (χ1) is 16.4. The van der Waals surface area contributed by atoms with Crippen molar-refractivity contribution in [2.24, 2.45) is 0 Å². The van der Waals surface area contributed by atoms with Crippen LogP contribution in [-0.4, -0.2) is 47.2 Å². The van der Waals surface area contributed by atoms with E-state index in [4.69, 9.17) is 16.3 Å². The average molecular weight is 485 g/mol. The van der Waals surface area contributed by atoms with E-state index in [1.807, 2.05) is 0 Å². The van der Waals surface area contributed by atoms with Crippen LogP contribution in [0.3, 0.4) is 0 Å². The fraction of sp³-hybridized carbons (Fsp3) is 0.208. The number of hydrogen-bond acceptors (Lipinski definition) is 4. The number of urea groups is 1. The van der Waals surface area contributed by atoms with Crippen molar-refractivity contribution >= 4 is 34.9 Å². The number of pyridine rings is 1. The fourth-order valence-corrected chi connectivity index (χ4v) is 3.91. The van der Waals surface area contributed by atoms with Crippen molar-refractivity contribution in [2.45, 2.75) is 18.6 Å². The summed E-state index contributed by atoms with van der Waals surface area (Å²) in [4.78, 5) is 39.2. The number of benzene rings is 2. The Labute approximate surface area is 199 Å². The Hall–Kier alpha value is -3.69. The van der Waals surface area contributed by atoms with E-state index in [1.165, 1.54) is 41.0 Å². The SMILES string of the molecule is CO[C@H]1C[C@@H](C(=O)Nc2ccc(-n3ccccc3=O)cc2F)N(C(=O)Nc2ccc(Cl)cc2)C1. The lowest BCUT2D eigenvalue weighted by atomic mass is 10.1. The first kappa shape index (κ1) is 23.5. The van der Waals surface area contributed by atoms with Gasteiger partial charge in [-0.1, -0.05) is 17.7 Å². The van der Waals surface area contributed by atoms with Crippen LogP contribution >= 0.6 is 11.6 Å². The van der Waals surface area contributed by atoms with Crippen molar-refractivity contribution in [3.63, 3.8) is 0 Å². The summed E-state index contributed by atoms with van der Waals surface area (Å²) in [6.45, 7) is 0.201. The summed E-state index contributed by atoms with van der Waals surface area (Å²) in [6, 6.07) is 13.9. The lowest BCUT2D eigenvalue weighted by Gasteiger charge is -2.24. The molecule has 2 heterocycles. The van der Waals surface area contributed by atoms with Crippen LogP contribution in [0.15, 0.2) is 71.7 Å². The molecule has 0 aliphatic carbocycles. The third-order valence-corrected chi connectivity index (χ3v) is 5.82. The third kappa shape index (κ3) is 5.11. The number of methoxy groups -OCH3 is 1. The van der Waals surface area contributed by atoms with Gasteiger partial charge in [0.1, 0.15) is 11.9 Å². The number of nitrogens with one attached hydrogen (secondary N) is 2. The Morgan fingerprint density at radius 1 is 1.09 bits per heavy atom. The predicted molar refractivity (Wildman–Crippen MR) is 127 cm³/mol. The first-order valence-corrected chi connectivity index (χ1v) is 10.9. The van der Waals surface area contributed by atoms with Gasteiger partial charge in [-0.2, -0.15) is 0 Å². The van der Waals surface area contributed by atoms with Gasteiger partial charge in [-0.15, -0.1) is 0 Å². The molecule has 0 saturated carbocycles. The highest BCUT2D eigenvalue weighted by atomic mass is 35.5. The standard InChI is InChI=1S/C24H22ClFN4O4/c1-34-18-13-21(30(14-18)24(33)27-16-7-5-15(25)6-8-16)23(32)28-20-10-9-17(12-19(20)26)29-11-3-2-4-22(29)31/h2-12,18,21H,13-14H2,1H3,(H,27,33)(H,28,32)/t18-,21-/m0/s1. The van der Waals surface area contributed by atoms with Crippen LogP contribution in [0.25, 0.3) is 5.69 Å². The van der Waals surface area contributed by atoms with E-state index < -0.39 is 23.8 Å². The summed E-state index contributed by atoms with van der Waals surface area (Å²) in [6.07, 6.45) is 1.44. The smallest absolute Gasteiger partial charge is 0.322 e. The monoisotopic (exact) mass is 484 g/mol. The van der Waals surface area contributed by atoms with Crippen molar-refractivity contribution in [1.29, 1.82) is 0 Å². The van der Waals surface area contributed by atoms with Gasteiger partial charge in [0.2, 0.25) is 5.91 Å². The molecule has 0 radical (unpaired) electrons. The van der Waals surface area contributed by atoms with E-state index in [0.29, 0.717) is 16.4 Å². The maximum atomic E-state index is 14.8. The molecule has 0 bridgehead atoms. The number of rotatable bonds is 5. The van der Waals surface area contributed by atoms with Crippen LogP contribution < -0.4 is 16.2 Å². The number of likely N-dealkylation sites (tertiary alicyclic amines) is 1. The van der Waals surface area contributed by atoms with E-state index in [-0.39, 0.29) is 30.3 Å². The molecule has 1 aromatic heterocycles. The lowest BCUT2D eigenvalue weighted by Crippen LogP contribution is -2.45. The number of amides is 3. The summed E-state index contributed by atoms with van der Waals surface area (Å²) >= 11 is 5.88. The molecule has 34 heavy (non-hydrogen) atoms. The molecule has 0 unspecified atom stereocenters. The second-order valence-electron chi connectivity index (χ2n) is 7.76. The maximum Gasteiger partial charge on any atom is 0.322 e. The number of aromatic nitrogens is 1. The molecule has 176 valence electrons. The first-order valence-electron chi connectivity index (χ1n) is 10.5. The highest BCUT2D eigenvalue weighted by Gasteiger charge is 2.40. The second-order valence-corrected chi connectivity index (χ2v) is 8.20. The van der Waals surface area contributed by atoms with E-state index >= 15 is 0 Å². The Bertz CT molecular complexity index is 1260. The van der Waals surface area contributed by atoms with Gasteiger partial charge < -0.3 is 20.3 Å². The van der Waals surface area contributed by atoms with Crippen LogP contribution in [0, 0.1) is 5.82 Å². The van der Waals surface area contributed by atoms with Gasteiger partial charge in [-0.25, -0.2) is 9.18 Å². The minimum Gasteiger partial charge on any atom is -0.380 e. The summed E-state index contributed by atoms with van der Waals surface area (Å²) in [5.74, 6) is -1.26. The number of ether oxygens (including phenoxy) is 1. The topological polar surface area (TPSA) is 92.7 Å². The molecule has 2 N–H and O–H groups in total. The third-order valence-electron chi connectivity index (χ3n) is 5.57. The van der Waals surface area contributed by atoms with Crippen LogP contribution in [0.1, 0.15) is 6.42 Å². The van der Waals surface area contributed by atoms with Gasteiger partial charge >= 0.3 is 6.03 Å². The highest BCUT2D eigenvalue weighted by molar-refractivity contribution is 6.30. The lowest BCUT2D eigenvalue weighted by molar-refractivity contribution is -0.119. The molecule has 1 saturated heterocycles. The zero-order valence-corrected chi connectivity index (χ0v) is 19.0. The fourth-order valence-electron chi connectivity index (χ4n) is 3.78. The Morgan fingerprint density at radius 3 is 2.53 bits per heavy atom. The molecule has 1 aliphatic rings. The van der Waals surface area contributed by atoms with Crippen molar-refractivity contribution in [3.8, 4) is 5.69 Å². The van der Waals surface area contributed by atoms with Gasteiger partial charge in [0, 0.05) is 49.1 Å². The highest BCUT2D eigenvalue weighted by Crippen LogP contribution is 2.25. The Balaban J connectivity index is 1.50. The molecule has 3 amide bonds. The number of anilines is 2. The Kier molecular flexibility index (Phi) is 6.95. The number of nitrogens with zero attached hydrogens (tertiary/aromatic N) is 2.